The van der Waals surface area contributed by atoms with E-state index in [1.807, 2.05) is 13.8 Å². The molecular weight excluding hydrogens is 356 g/mol. The van der Waals surface area contributed by atoms with Crippen LogP contribution in [0.2, 0.25) is 0 Å². The highest BCUT2D eigenvalue weighted by molar-refractivity contribution is 7.81. The summed E-state index contributed by atoms with van der Waals surface area (Å²) in [4.78, 5) is 24.0. The summed E-state index contributed by atoms with van der Waals surface area (Å²) in [5.41, 5.74) is -0.260. The molecule has 25 heavy (non-hydrogen) atoms. The lowest BCUT2D eigenvalue weighted by atomic mass is 9.77. The molecule has 4 unspecified atom stereocenters. The zero-order chi connectivity index (χ0) is 18.4. The van der Waals surface area contributed by atoms with Crippen molar-refractivity contribution in [1.29, 1.82) is 0 Å². The number of hydrogen-bond donors (Lipinski definition) is 2. The summed E-state index contributed by atoms with van der Waals surface area (Å²) >= 11 is 8.58. The lowest BCUT2D eigenvalue weighted by molar-refractivity contribution is -0.155. The zero-order valence-corrected chi connectivity index (χ0v) is 16.9. The number of carbonyl (C=O) groups is 2. The van der Waals surface area contributed by atoms with Crippen LogP contribution in [0.15, 0.2) is 12.2 Å². The molecule has 4 atom stereocenters. The number of hydrogen-bond acceptors (Lipinski definition) is 6. The SMILES string of the molecule is CC(S)CCC(=O)OCC1(COC(=O)CCC(C)S)CC2C=CC1C2. The summed E-state index contributed by atoms with van der Waals surface area (Å²) in [5, 5.41) is 0.365. The lowest BCUT2D eigenvalue weighted by Gasteiger charge is -2.34. The molecule has 2 bridgehead atoms. The Hall–Kier alpha value is -0.620. The maximum absolute atomic E-state index is 12.0. The molecule has 0 radical (unpaired) electrons. The Bertz CT molecular complexity index is 474. The molecule has 4 nitrogen and oxygen atoms in total. The van der Waals surface area contributed by atoms with Gasteiger partial charge in [-0.15, -0.1) is 0 Å². The molecular formula is C19H30O4S2. The summed E-state index contributed by atoms with van der Waals surface area (Å²) < 4.78 is 11.1. The fourth-order valence-electron chi connectivity index (χ4n) is 3.67. The molecule has 0 aromatic rings. The van der Waals surface area contributed by atoms with Crippen molar-refractivity contribution in [2.24, 2.45) is 17.3 Å². The van der Waals surface area contributed by atoms with Crippen molar-refractivity contribution in [1.82, 2.24) is 0 Å². The number of rotatable bonds is 10. The Kier molecular flexibility index (Phi) is 7.74. The molecule has 1 fully saturated rings. The number of ether oxygens (including phenoxy) is 2. The Balaban J connectivity index is 1.86. The highest BCUT2D eigenvalue weighted by atomic mass is 32.1. The molecule has 0 spiro atoms. The van der Waals surface area contributed by atoms with Crippen LogP contribution in [-0.4, -0.2) is 35.7 Å². The van der Waals surface area contributed by atoms with Crippen LogP contribution in [0.5, 0.6) is 0 Å². The number of carbonyl (C=O) groups excluding carboxylic acids is 2. The van der Waals surface area contributed by atoms with E-state index >= 15 is 0 Å². The van der Waals surface area contributed by atoms with Gasteiger partial charge in [-0.1, -0.05) is 26.0 Å². The van der Waals surface area contributed by atoms with Crippen molar-refractivity contribution >= 4 is 37.2 Å². The van der Waals surface area contributed by atoms with Crippen molar-refractivity contribution in [3.05, 3.63) is 12.2 Å². The van der Waals surface area contributed by atoms with Gasteiger partial charge in [0, 0.05) is 18.3 Å². The third-order valence-corrected chi connectivity index (χ3v) is 5.72. The molecule has 0 saturated heterocycles. The smallest absolute Gasteiger partial charge is 0.305 e. The van der Waals surface area contributed by atoms with E-state index in [-0.39, 0.29) is 27.9 Å². The van der Waals surface area contributed by atoms with Crippen molar-refractivity contribution < 1.29 is 19.1 Å². The third-order valence-electron chi connectivity index (χ3n) is 5.20. The molecule has 0 aromatic heterocycles. The minimum atomic E-state index is -0.260. The first-order valence-electron chi connectivity index (χ1n) is 9.16. The van der Waals surface area contributed by atoms with Gasteiger partial charge in [-0.25, -0.2) is 0 Å². The number of allylic oxidation sites excluding steroid dienone is 2. The molecule has 2 aliphatic carbocycles. The molecule has 1 saturated carbocycles. The van der Waals surface area contributed by atoms with Gasteiger partial charge in [0.2, 0.25) is 0 Å². The molecule has 6 heteroatoms. The van der Waals surface area contributed by atoms with Gasteiger partial charge in [-0.05, 0) is 48.0 Å². The average Bonchev–Trinajstić information content (AvgIpc) is 3.15. The van der Waals surface area contributed by atoms with Gasteiger partial charge in [-0.2, -0.15) is 25.3 Å². The molecule has 0 aromatic carbocycles. The van der Waals surface area contributed by atoms with E-state index in [4.69, 9.17) is 9.47 Å². The van der Waals surface area contributed by atoms with Crippen LogP contribution in [0.4, 0.5) is 0 Å². The predicted octanol–water partition coefficient (Wildman–Crippen LogP) is 3.85. The zero-order valence-electron chi connectivity index (χ0n) is 15.1. The van der Waals surface area contributed by atoms with E-state index in [0.29, 0.717) is 50.7 Å². The van der Waals surface area contributed by atoms with Gasteiger partial charge in [0.25, 0.3) is 0 Å². The minimum absolute atomic E-state index is 0.183. The average molecular weight is 387 g/mol. The fraction of sp³-hybridized carbons (Fsp3) is 0.789. The summed E-state index contributed by atoms with van der Waals surface area (Å²) in [5.74, 6) is 0.451. The maximum atomic E-state index is 12.0. The molecule has 0 aliphatic heterocycles. The van der Waals surface area contributed by atoms with E-state index in [2.05, 4.69) is 37.4 Å². The van der Waals surface area contributed by atoms with Crippen LogP contribution in [-0.2, 0) is 19.1 Å². The van der Waals surface area contributed by atoms with Crippen LogP contribution in [0.1, 0.15) is 52.4 Å². The largest absolute Gasteiger partial charge is 0.465 e. The van der Waals surface area contributed by atoms with E-state index in [0.717, 1.165) is 12.8 Å². The van der Waals surface area contributed by atoms with Gasteiger partial charge in [0.1, 0.15) is 13.2 Å². The Morgan fingerprint density at radius 3 is 1.92 bits per heavy atom. The van der Waals surface area contributed by atoms with Gasteiger partial charge < -0.3 is 9.47 Å². The van der Waals surface area contributed by atoms with E-state index in [1.165, 1.54) is 0 Å². The second-order valence-electron chi connectivity index (χ2n) is 7.65. The third kappa shape index (κ3) is 6.24. The highest BCUT2D eigenvalue weighted by Crippen LogP contribution is 2.52. The van der Waals surface area contributed by atoms with Crippen molar-refractivity contribution in [3.8, 4) is 0 Å². The van der Waals surface area contributed by atoms with Crippen LogP contribution in [0.3, 0.4) is 0 Å². The molecule has 0 amide bonds. The summed E-state index contributed by atoms with van der Waals surface area (Å²) in [7, 11) is 0. The van der Waals surface area contributed by atoms with Gasteiger partial charge in [0.15, 0.2) is 0 Å². The second kappa shape index (κ2) is 9.36. The monoisotopic (exact) mass is 386 g/mol. The topological polar surface area (TPSA) is 52.6 Å². The second-order valence-corrected chi connectivity index (χ2v) is 9.41. The standard InChI is InChI=1S/C19H30O4S2/c1-13(24)3-7-17(20)22-11-19(10-15-5-6-16(19)9-15)12-23-18(21)8-4-14(2)25/h5-6,13-16,24-25H,3-4,7-12H2,1-2H3. The number of thiol groups is 2. The molecule has 2 rings (SSSR count). The normalized spacial score (nSPS) is 29.4. The first-order valence-corrected chi connectivity index (χ1v) is 10.2. The highest BCUT2D eigenvalue weighted by Gasteiger charge is 2.50. The molecule has 0 N–H and O–H groups in total. The Labute approximate surface area is 161 Å². The quantitative estimate of drug-likeness (QED) is 0.340. The fourth-order valence-corrected chi connectivity index (χ4v) is 3.93. The summed E-state index contributed by atoms with van der Waals surface area (Å²) in [6.07, 6.45) is 8.58. The van der Waals surface area contributed by atoms with E-state index in [9.17, 15) is 9.59 Å². The number of fused-ring (bicyclic) bond motifs is 2. The summed E-state index contributed by atoms with van der Waals surface area (Å²) in [6.45, 7) is 4.58. The first-order chi connectivity index (χ1) is 11.8. The summed E-state index contributed by atoms with van der Waals surface area (Å²) in [6, 6.07) is 0. The Morgan fingerprint density at radius 2 is 1.56 bits per heavy atom. The van der Waals surface area contributed by atoms with Crippen molar-refractivity contribution in [3.63, 3.8) is 0 Å². The van der Waals surface area contributed by atoms with Crippen LogP contribution in [0, 0.1) is 17.3 Å². The van der Waals surface area contributed by atoms with E-state index in [1.54, 1.807) is 0 Å². The van der Waals surface area contributed by atoms with Crippen LogP contribution >= 0.6 is 25.3 Å². The van der Waals surface area contributed by atoms with Crippen LogP contribution in [0.25, 0.3) is 0 Å². The first kappa shape index (κ1) is 20.7. The molecule has 0 heterocycles. The van der Waals surface area contributed by atoms with E-state index < -0.39 is 0 Å². The Morgan fingerprint density at radius 1 is 1.04 bits per heavy atom. The minimum Gasteiger partial charge on any atom is -0.465 e. The molecule has 142 valence electrons. The van der Waals surface area contributed by atoms with Crippen molar-refractivity contribution in [2.75, 3.05) is 13.2 Å². The predicted molar refractivity (Wildman–Crippen MR) is 105 cm³/mol. The lowest BCUT2D eigenvalue weighted by Crippen LogP contribution is -2.38. The van der Waals surface area contributed by atoms with Crippen LogP contribution < -0.4 is 0 Å². The molecule has 2 aliphatic rings. The maximum Gasteiger partial charge on any atom is 0.305 e. The van der Waals surface area contributed by atoms with Gasteiger partial charge in [0.05, 0.1) is 0 Å². The number of esters is 2. The van der Waals surface area contributed by atoms with Crippen molar-refractivity contribution in [2.45, 2.75) is 62.9 Å². The van der Waals surface area contributed by atoms with Gasteiger partial charge in [-0.3, -0.25) is 9.59 Å². The van der Waals surface area contributed by atoms with Gasteiger partial charge >= 0.3 is 11.9 Å².